The van der Waals surface area contributed by atoms with Crippen LogP contribution in [0.2, 0.25) is 0 Å². The third-order valence-corrected chi connectivity index (χ3v) is 3.27. The molecule has 0 saturated heterocycles. The Hall–Kier alpha value is -1.63. The molecule has 0 fully saturated rings. The van der Waals surface area contributed by atoms with E-state index in [2.05, 4.69) is 15.4 Å². The number of aromatic nitrogens is 3. The molecule has 0 aliphatic heterocycles. The first-order valence-corrected chi connectivity index (χ1v) is 6.92. The highest BCUT2D eigenvalue weighted by molar-refractivity contribution is 5.93. The van der Waals surface area contributed by atoms with Crippen molar-refractivity contribution >= 4 is 30.7 Å². The third-order valence-electron chi connectivity index (χ3n) is 3.27. The average molecular weight is 360 g/mol. The van der Waals surface area contributed by atoms with E-state index in [1.807, 2.05) is 33.0 Å². The van der Waals surface area contributed by atoms with Gasteiger partial charge in [0.2, 0.25) is 0 Å². The minimum atomic E-state index is -0.0299. The summed E-state index contributed by atoms with van der Waals surface area (Å²) in [6, 6.07) is 5.60. The van der Waals surface area contributed by atoms with Gasteiger partial charge in [-0.15, -0.1) is 24.8 Å². The zero-order valence-electron chi connectivity index (χ0n) is 13.7. The van der Waals surface area contributed by atoms with Crippen LogP contribution in [0.1, 0.15) is 21.7 Å². The van der Waals surface area contributed by atoms with Gasteiger partial charge in [0.05, 0.1) is 11.3 Å². The van der Waals surface area contributed by atoms with Crippen molar-refractivity contribution < 1.29 is 4.79 Å². The van der Waals surface area contributed by atoms with Gasteiger partial charge in [-0.3, -0.25) is 4.79 Å². The van der Waals surface area contributed by atoms with Crippen LogP contribution in [-0.4, -0.2) is 52.8 Å². The zero-order valence-corrected chi connectivity index (χ0v) is 15.4. The van der Waals surface area contributed by atoms with Gasteiger partial charge in [-0.1, -0.05) is 0 Å². The van der Waals surface area contributed by atoms with Crippen molar-refractivity contribution in [2.75, 3.05) is 27.2 Å². The van der Waals surface area contributed by atoms with Gasteiger partial charge in [0.15, 0.2) is 5.82 Å². The topological polar surface area (TPSA) is 63.1 Å². The summed E-state index contributed by atoms with van der Waals surface area (Å²) < 4.78 is 1.77. The lowest BCUT2D eigenvalue weighted by atomic mass is 10.2. The maximum absolute atomic E-state index is 12.2. The Morgan fingerprint density at radius 3 is 2.48 bits per heavy atom. The summed E-state index contributed by atoms with van der Waals surface area (Å²) >= 11 is 0. The predicted molar refractivity (Wildman–Crippen MR) is 96.2 cm³/mol. The van der Waals surface area contributed by atoms with Crippen LogP contribution >= 0.6 is 24.8 Å². The minimum absolute atomic E-state index is 0. The Morgan fingerprint density at radius 1 is 1.30 bits per heavy atom. The van der Waals surface area contributed by atoms with E-state index in [0.29, 0.717) is 12.1 Å². The van der Waals surface area contributed by atoms with Crippen molar-refractivity contribution in [1.82, 2.24) is 25.0 Å². The molecule has 1 N–H and O–H groups in total. The second-order valence-electron chi connectivity index (χ2n) is 5.07. The van der Waals surface area contributed by atoms with Gasteiger partial charge in [0, 0.05) is 32.0 Å². The SMILES string of the molecule is CNCCN(C)C(=O)c1ccc(-n2nc(C)cc2C)nc1.Cl.Cl. The molecule has 23 heavy (non-hydrogen) atoms. The van der Waals surface area contributed by atoms with Gasteiger partial charge in [0.25, 0.3) is 5.91 Å². The van der Waals surface area contributed by atoms with Crippen molar-refractivity contribution in [1.29, 1.82) is 0 Å². The number of nitrogens with one attached hydrogen (secondary N) is 1. The zero-order chi connectivity index (χ0) is 15.4. The molecule has 0 aliphatic carbocycles. The lowest BCUT2D eigenvalue weighted by molar-refractivity contribution is 0.0796. The Labute approximate surface area is 149 Å². The summed E-state index contributed by atoms with van der Waals surface area (Å²) in [6.07, 6.45) is 1.60. The summed E-state index contributed by atoms with van der Waals surface area (Å²) in [5, 5.41) is 7.40. The maximum atomic E-state index is 12.2. The number of halogens is 2. The lowest BCUT2D eigenvalue weighted by Crippen LogP contribution is -2.32. The first kappa shape index (κ1) is 21.4. The first-order chi connectivity index (χ1) is 10.0. The quantitative estimate of drug-likeness (QED) is 0.886. The highest BCUT2D eigenvalue weighted by Gasteiger charge is 2.12. The van der Waals surface area contributed by atoms with E-state index in [-0.39, 0.29) is 30.7 Å². The van der Waals surface area contributed by atoms with Gasteiger partial charge in [-0.05, 0) is 39.1 Å². The van der Waals surface area contributed by atoms with Crippen LogP contribution in [0.3, 0.4) is 0 Å². The monoisotopic (exact) mass is 359 g/mol. The summed E-state index contributed by atoms with van der Waals surface area (Å²) in [7, 11) is 3.65. The van der Waals surface area contributed by atoms with Crippen LogP contribution in [0.5, 0.6) is 0 Å². The van der Waals surface area contributed by atoms with E-state index in [0.717, 1.165) is 23.8 Å². The maximum Gasteiger partial charge on any atom is 0.255 e. The first-order valence-electron chi connectivity index (χ1n) is 6.92. The summed E-state index contributed by atoms with van der Waals surface area (Å²) in [6.45, 7) is 5.35. The Balaban J connectivity index is 0.00000242. The Bertz CT molecular complexity index is 627. The van der Waals surface area contributed by atoms with Gasteiger partial charge in [-0.25, -0.2) is 9.67 Å². The van der Waals surface area contributed by atoms with E-state index in [4.69, 9.17) is 0 Å². The number of aryl methyl sites for hydroxylation is 2. The number of rotatable bonds is 5. The highest BCUT2D eigenvalue weighted by atomic mass is 35.5. The molecule has 6 nitrogen and oxygen atoms in total. The van der Waals surface area contributed by atoms with Crippen LogP contribution in [-0.2, 0) is 0 Å². The molecule has 2 heterocycles. The van der Waals surface area contributed by atoms with E-state index in [1.54, 1.807) is 28.9 Å². The van der Waals surface area contributed by atoms with Crippen LogP contribution in [0.15, 0.2) is 24.4 Å². The number of amides is 1. The standard InChI is InChI=1S/C15H21N5O.2ClH/c1-11-9-12(2)20(18-11)14-6-5-13(10-17-14)15(21)19(4)8-7-16-3;;/h5-6,9-10,16H,7-8H2,1-4H3;2*1H. The Kier molecular flexibility index (Phi) is 8.82. The number of hydrogen-bond donors (Lipinski definition) is 1. The number of likely N-dealkylation sites (N-methyl/N-ethyl adjacent to an activating group) is 2. The van der Waals surface area contributed by atoms with Gasteiger partial charge in [0.1, 0.15) is 0 Å². The average Bonchev–Trinajstić information content (AvgIpc) is 2.83. The molecule has 0 atom stereocenters. The fourth-order valence-electron chi connectivity index (χ4n) is 2.10. The third kappa shape index (κ3) is 5.20. The van der Waals surface area contributed by atoms with Crippen molar-refractivity contribution in [2.24, 2.45) is 0 Å². The van der Waals surface area contributed by atoms with Crippen LogP contribution < -0.4 is 5.32 Å². The molecule has 2 rings (SSSR count). The number of nitrogens with zero attached hydrogens (tertiary/aromatic N) is 4. The fourth-order valence-corrected chi connectivity index (χ4v) is 2.10. The molecule has 0 unspecified atom stereocenters. The second-order valence-corrected chi connectivity index (χ2v) is 5.07. The van der Waals surface area contributed by atoms with E-state index in [9.17, 15) is 4.79 Å². The molecule has 0 saturated carbocycles. The normalized spacial score (nSPS) is 9.74. The second kappa shape index (κ2) is 9.50. The van der Waals surface area contributed by atoms with E-state index < -0.39 is 0 Å². The van der Waals surface area contributed by atoms with Gasteiger partial charge in [-0.2, -0.15) is 5.10 Å². The molecule has 1 amide bonds. The molecule has 0 radical (unpaired) electrons. The lowest BCUT2D eigenvalue weighted by Gasteiger charge is -2.16. The molecule has 2 aromatic rings. The molecule has 8 heteroatoms. The molecule has 0 aromatic carbocycles. The smallest absolute Gasteiger partial charge is 0.255 e. The summed E-state index contributed by atoms with van der Waals surface area (Å²) in [5.41, 5.74) is 2.55. The molecule has 0 bridgehead atoms. The van der Waals surface area contributed by atoms with Crippen molar-refractivity contribution in [3.05, 3.63) is 41.3 Å². The number of carbonyl (C=O) groups excluding carboxylic acids is 1. The van der Waals surface area contributed by atoms with Crippen molar-refractivity contribution in [2.45, 2.75) is 13.8 Å². The number of hydrogen-bond acceptors (Lipinski definition) is 4. The van der Waals surface area contributed by atoms with E-state index in [1.165, 1.54) is 0 Å². The highest BCUT2D eigenvalue weighted by Crippen LogP contribution is 2.11. The predicted octanol–water partition coefficient (Wildman–Crippen LogP) is 2.02. The molecule has 0 aliphatic rings. The summed E-state index contributed by atoms with van der Waals surface area (Å²) in [5.74, 6) is 0.688. The number of carbonyl (C=O) groups is 1. The molecular formula is C15H23Cl2N5O. The van der Waals surface area contributed by atoms with Crippen molar-refractivity contribution in [3.63, 3.8) is 0 Å². The molecule has 0 spiro atoms. The minimum Gasteiger partial charge on any atom is -0.340 e. The van der Waals surface area contributed by atoms with Crippen LogP contribution in [0.25, 0.3) is 5.82 Å². The Morgan fingerprint density at radius 2 is 2.00 bits per heavy atom. The van der Waals surface area contributed by atoms with Crippen LogP contribution in [0, 0.1) is 13.8 Å². The largest absolute Gasteiger partial charge is 0.340 e. The molecule has 128 valence electrons. The van der Waals surface area contributed by atoms with Gasteiger partial charge < -0.3 is 10.2 Å². The van der Waals surface area contributed by atoms with Crippen LogP contribution in [0.4, 0.5) is 0 Å². The fraction of sp³-hybridized carbons (Fsp3) is 0.400. The molecular weight excluding hydrogens is 337 g/mol. The van der Waals surface area contributed by atoms with E-state index >= 15 is 0 Å². The van der Waals surface area contributed by atoms with Gasteiger partial charge >= 0.3 is 0 Å². The summed E-state index contributed by atoms with van der Waals surface area (Å²) in [4.78, 5) is 18.2. The molecule has 2 aromatic heterocycles. The van der Waals surface area contributed by atoms with Crippen molar-refractivity contribution in [3.8, 4) is 5.82 Å². The number of pyridine rings is 1.